The van der Waals surface area contributed by atoms with Gasteiger partial charge in [-0.2, -0.15) is 5.10 Å². The Morgan fingerprint density at radius 3 is 3.00 bits per heavy atom. The summed E-state index contributed by atoms with van der Waals surface area (Å²) in [5, 5.41) is 8.32. The van der Waals surface area contributed by atoms with Gasteiger partial charge in [0, 0.05) is 17.0 Å². The van der Waals surface area contributed by atoms with E-state index in [0.29, 0.717) is 12.4 Å². The molecule has 16 heavy (non-hydrogen) atoms. The lowest BCUT2D eigenvalue weighted by Crippen LogP contribution is -2.01. The van der Waals surface area contributed by atoms with Crippen molar-refractivity contribution in [3.05, 3.63) is 40.8 Å². The molecule has 0 aliphatic heterocycles. The molecule has 80 valence electrons. The number of thiazole rings is 1. The van der Waals surface area contributed by atoms with E-state index in [0.717, 1.165) is 15.9 Å². The van der Waals surface area contributed by atoms with Crippen LogP contribution in [0.2, 0.25) is 0 Å². The maximum atomic E-state index is 5.86. The lowest BCUT2D eigenvalue weighted by Gasteiger charge is -1.99. The van der Waals surface area contributed by atoms with Crippen molar-refractivity contribution in [3.8, 4) is 0 Å². The standard InChI is InChI=1S/C11H10N4S/c12-11-8-3-1-2-4-9(8)15(14-11)7-10-13-5-6-16-10/h1-6H,7H2,(H2,12,14). The highest BCUT2D eigenvalue weighted by Crippen LogP contribution is 2.21. The van der Waals surface area contributed by atoms with Crippen LogP contribution in [0.5, 0.6) is 0 Å². The molecule has 2 heterocycles. The number of hydrogen-bond donors (Lipinski definition) is 1. The van der Waals surface area contributed by atoms with Crippen LogP contribution in [0.4, 0.5) is 5.82 Å². The molecule has 0 fully saturated rings. The molecule has 4 nitrogen and oxygen atoms in total. The van der Waals surface area contributed by atoms with Crippen molar-refractivity contribution in [1.82, 2.24) is 14.8 Å². The Labute approximate surface area is 96.3 Å². The number of rotatable bonds is 2. The Hall–Kier alpha value is -1.88. The van der Waals surface area contributed by atoms with Crippen LogP contribution in [0, 0.1) is 0 Å². The van der Waals surface area contributed by atoms with Gasteiger partial charge in [0.2, 0.25) is 0 Å². The van der Waals surface area contributed by atoms with Crippen LogP contribution in [0.15, 0.2) is 35.8 Å². The van der Waals surface area contributed by atoms with Crippen molar-refractivity contribution < 1.29 is 0 Å². The summed E-state index contributed by atoms with van der Waals surface area (Å²) in [4.78, 5) is 4.24. The van der Waals surface area contributed by atoms with Gasteiger partial charge >= 0.3 is 0 Å². The molecular formula is C11H10N4S. The van der Waals surface area contributed by atoms with Crippen molar-refractivity contribution in [3.63, 3.8) is 0 Å². The van der Waals surface area contributed by atoms with E-state index in [2.05, 4.69) is 10.1 Å². The number of aromatic nitrogens is 3. The van der Waals surface area contributed by atoms with E-state index in [1.165, 1.54) is 0 Å². The third kappa shape index (κ3) is 1.45. The van der Waals surface area contributed by atoms with Crippen molar-refractivity contribution in [1.29, 1.82) is 0 Å². The molecule has 3 aromatic rings. The molecule has 2 N–H and O–H groups in total. The topological polar surface area (TPSA) is 56.7 Å². The molecule has 0 radical (unpaired) electrons. The van der Waals surface area contributed by atoms with E-state index in [4.69, 9.17) is 5.73 Å². The SMILES string of the molecule is Nc1nn(Cc2nccs2)c2ccccc12. The summed E-state index contributed by atoms with van der Waals surface area (Å²) in [6.45, 7) is 0.676. The number of benzene rings is 1. The first-order chi connectivity index (χ1) is 7.84. The van der Waals surface area contributed by atoms with E-state index < -0.39 is 0 Å². The molecule has 0 atom stereocenters. The summed E-state index contributed by atoms with van der Waals surface area (Å²) in [6, 6.07) is 7.96. The van der Waals surface area contributed by atoms with Crippen molar-refractivity contribution in [2.75, 3.05) is 5.73 Å². The Morgan fingerprint density at radius 2 is 2.19 bits per heavy atom. The first kappa shape index (κ1) is 9.35. The molecule has 3 rings (SSSR count). The van der Waals surface area contributed by atoms with E-state index >= 15 is 0 Å². The zero-order valence-corrected chi connectivity index (χ0v) is 9.31. The maximum absolute atomic E-state index is 5.86. The van der Waals surface area contributed by atoms with Crippen LogP contribution in [0.25, 0.3) is 10.9 Å². The molecule has 0 saturated heterocycles. The first-order valence-electron chi connectivity index (χ1n) is 4.94. The molecule has 0 spiro atoms. The molecule has 0 unspecified atom stereocenters. The molecule has 5 heteroatoms. The Morgan fingerprint density at radius 1 is 1.31 bits per heavy atom. The van der Waals surface area contributed by atoms with Crippen LogP contribution in [0.1, 0.15) is 5.01 Å². The van der Waals surface area contributed by atoms with E-state index in [1.807, 2.05) is 34.3 Å². The zero-order valence-electron chi connectivity index (χ0n) is 8.50. The lowest BCUT2D eigenvalue weighted by atomic mass is 10.2. The maximum Gasteiger partial charge on any atom is 0.153 e. The first-order valence-corrected chi connectivity index (χ1v) is 5.82. The Bertz CT molecular complexity index is 612. The van der Waals surface area contributed by atoms with E-state index in [-0.39, 0.29) is 0 Å². The van der Waals surface area contributed by atoms with Gasteiger partial charge in [-0.1, -0.05) is 12.1 Å². The van der Waals surface area contributed by atoms with Gasteiger partial charge in [-0.25, -0.2) is 4.98 Å². The van der Waals surface area contributed by atoms with Crippen molar-refractivity contribution in [2.24, 2.45) is 0 Å². The number of anilines is 1. The molecule has 0 aliphatic carbocycles. The smallest absolute Gasteiger partial charge is 0.153 e. The molecule has 1 aromatic carbocycles. The Kier molecular flexibility index (Phi) is 2.11. The molecule has 0 amide bonds. The number of nitrogens with two attached hydrogens (primary N) is 1. The fourth-order valence-corrected chi connectivity index (χ4v) is 2.33. The summed E-state index contributed by atoms with van der Waals surface area (Å²) < 4.78 is 1.89. The molecule has 0 saturated carbocycles. The zero-order chi connectivity index (χ0) is 11.0. The number of hydrogen-bond acceptors (Lipinski definition) is 4. The third-order valence-corrected chi connectivity index (χ3v) is 3.22. The molecule has 0 aliphatic rings. The summed E-state index contributed by atoms with van der Waals surface area (Å²) in [5.41, 5.74) is 6.91. The highest BCUT2D eigenvalue weighted by atomic mass is 32.1. The van der Waals surface area contributed by atoms with Crippen LogP contribution in [0.3, 0.4) is 0 Å². The van der Waals surface area contributed by atoms with Gasteiger partial charge in [-0.15, -0.1) is 11.3 Å². The monoisotopic (exact) mass is 230 g/mol. The van der Waals surface area contributed by atoms with Crippen molar-refractivity contribution >= 4 is 28.1 Å². The van der Waals surface area contributed by atoms with Gasteiger partial charge in [0.15, 0.2) is 5.82 Å². The summed E-state index contributed by atoms with van der Waals surface area (Å²) in [6.07, 6.45) is 1.80. The predicted molar refractivity (Wildman–Crippen MR) is 65.4 cm³/mol. The minimum absolute atomic E-state index is 0.576. The summed E-state index contributed by atoms with van der Waals surface area (Å²) >= 11 is 1.62. The molecule has 0 bridgehead atoms. The van der Waals surface area contributed by atoms with Gasteiger partial charge in [0.1, 0.15) is 5.01 Å². The van der Waals surface area contributed by atoms with Crippen LogP contribution in [-0.2, 0) is 6.54 Å². The quantitative estimate of drug-likeness (QED) is 0.733. The van der Waals surface area contributed by atoms with Crippen LogP contribution < -0.4 is 5.73 Å². The second-order valence-corrected chi connectivity index (χ2v) is 4.46. The largest absolute Gasteiger partial charge is 0.382 e. The van der Waals surface area contributed by atoms with Gasteiger partial charge in [0.05, 0.1) is 12.1 Å². The van der Waals surface area contributed by atoms with Gasteiger partial charge in [0.25, 0.3) is 0 Å². The average molecular weight is 230 g/mol. The highest BCUT2D eigenvalue weighted by Gasteiger charge is 2.07. The fourth-order valence-electron chi connectivity index (χ4n) is 1.73. The highest BCUT2D eigenvalue weighted by molar-refractivity contribution is 7.09. The second kappa shape index (κ2) is 3.61. The molecular weight excluding hydrogens is 220 g/mol. The van der Waals surface area contributed by atoms with E-state index in [9.17, 15) is 0 Å². The fraction of sp³-hybridized carbons (Fsp3) is 0.0909. The number of fused-ring (bicyclic) bond motifs is 1. The van der Waals surface area contributed by atoms with Gasteiger partial charge in [-0.05, 0) is 12.1 Å². The second-order valence-electron chi connectivity index (χ2n) is 3.49. The normalized spacial score (nSPS) is 11.0. The summed E-state index contributed by atoms with van der Waals surface area (Å²) in [7, 11) is 0. The minimum atomic E-state index is 0.576. The Balaban J connectivity index is 2.10. The molecule has 2 aromatic heterocycles. The van der Waals surface area contributed by atoms with Gasteiger partial charge in [-0.3, -0.25) is 4.68 Å². The van der Waals surface area contributed by atoms with Crippen LogP contribution in [-0.4, -0.2) is 14.8 Å². The average Bonchev–Trinajstić information content (AvgIpc) is 2.90. The van der Waals surface area contributed by atoms with E-state index in [1.54, 1.807) is 17.5 Å². The number of para-hydroxylation sites is 1. The minimum Gasteiger partial charge on any atom is -0.382 e. The van der Waals surface area contributed by atoms with Crippen LogP contribution >= 0.6 is 11.3 Å². The number of nitrogen functional groups attached to an aromatic ring is 1. The number of nitrogens with zero attached hydrogens (tertiary/aromatic N) is 3. The predicted octanol–water partition coefficient (Wildman–Crippen LogP) is 2.12. The van der Waals surface area contributed by atoms with Crippen molar-refractivity contribution in [2.45, 2.75) is 6.54 Å². The van der Waals surface area contributed by atoms with Gasteiger partial charge < -0.3 is 5.73 Å². The lowest BCUT2D eigenvalue weighted by molar-refractivity contribution is 0.712. The summed E-state index contributed by atoms with van der Waals surface area (Å²) in [5.74, 6) is 0.576. The third-order valence-electron chi connectivity index (χ3n) is 2.46.